The van der Waals surface area contributed by atoms with Gasteiger partial charge in [0.25, 0.3) is 0 Å². The molecule has 0 saturated carbocycles. The minimum atomic E-state index is -0.656. The highest BCUT2D eigenvalue weighted by Gasteiger charge is 2.49. The Kier molecular flexibility index (Phi) is 3.97. The third-order valence-corrected chi connectivity index (χ3v) is 4.88. The molecule has 1 saturated heterocycles. The SMILES string of the molecule is CC(C)(C)OC(=O)N1CCC2(CC1)c1cc(Cl)ccc1N[C@H]2O. The van der Waals surface area contributed by atoms with Gasteiger partial charge in [-0.05, 0) is 57.4 Å². The number of rotatable bonds is 0. The number of carbonyl (C=O) groups is 1. The number of amides is 1. The molecule has 0 bridgehead atoms. The van der Waals surface area contributed by atoms with Crippen molar-refractivity contribution in [2.75, 3.05) is 18.4 Å². The minimum absolute atomic E-state index is 0.292. The van der Waals surface area contributed by atoms with Crippen LogP contribution in [0.2, 0.25) is 5.02 Å². The van der Waals surface area contributed by atoms with Crippen molar-refractivity contribution in [2.45, 2.75) is 50.9 Å². The molecule has 1 aromatic carbocycles. The van der Waals surface area contributed by atoms with E-state index in [1.165, 1.54) is 0 Å². The van der Waals surface area contributed by atoms with Gasteiger partial charge in [-0.3, -0.25) is 0 Å². The lowest BCUT2D eigenvalue weighted by molar-refractivity contribution is 0.00582. The summed E-state index contributed by atoms with van der Waals surface area (Å²) in [6, 6.07) is 5.63. The number of likely N-dealkylation sites (tertiary alicyclic amines) is 1. The molecular weight excluding hydrogens is 316 g/mol. The fourth-order valence-corrected chi connectivity index (χ4v) is 3.62. The second-order valence-corrected chi connectivity index (χ2v) is 7.80. The summed E-state index contributed by atoms with van der Waals surface area (Å²) in [6.07, 6.45) is 0.400. The highest BCUT2D eigenvalue weighted by molar-refractivity contribution is 6.30. The topological polar surface area (TPSA) is 61.8 Å². The number of anilines is 1. The molecule has 5 nitrogen and oxygen atoms in total. The van der Waals surface area contributed by atoms with Gasteiger partial charge in [0, 0.05) is 29.2 Å². The van der Waals surface area contributed by atoms with E-state index in [1.54, 1.807) is 4.90 Å². The zero-order valence-electron chi connectivity index (χ0n) is 13.7. The number of hydrogen-bond acceptors (Lipinski definition) is 4. The van der Waals surface area contributed by atoms with Crippen molar-refractivity contribution in [3.8, 4) is 0 Å². The fourth-order valence-electron chi connectivity index (χ4n) is 3.44. The molecule has 0 radical (unpaired) electrons. The summed E-state index contributed by atoms with van der Waals surface area (Å²) in [5.74, 6) is 0. The molecule has 6 heteroatoms. The number of fused-ring (bicyclic) bond motifs is 2. The van der Waals surface area contributed by atoms with Gasteiger partial charge in [0.15, 0.2) is 0 Å². The third-order valence-electron chi connectivity index (χ3n) is 4.64. The van der Waals surface area contributed by atoms with Crippen molar-refractivity contribution < 1.29 is 14.6 Å². The number of carbonyl (C=O) groups excluding carboxylic acids is 1. The Bertz CT molecular complexity index is 619. The molecule has 1 atom stereocenters. The zero-order valence-corrected chi connectivity index (χ0v) is 14.5. The Balaban J connectivity index is 1.76. The minimum Gasteiger partial charge on any atom is -0.444 e. The first-order valence-corrected chi connectivity index (χ1v) is 8.32. The van der Waals surface area contributed by atoms with Crippen LogP contribution >= 0.6 is 11.6 Å². The predicted molar refractivity (Wildman–Crippen MR) is 89.8 cm³/mol. The van der Waals surface area contributed by atoms with Crippen LogP contribution < -0.4 is 5.32 Å². The van der Waals surface area contributed by atoms with Crippen molar-refractivity contribution in [2.24, 2.45) is 0 Å². The normalized spacial score (nSPS) is 22.7. The molecule has 0 aliphatic carbocycles. The van der Waals surface area contributed by atoms with Gasteiger partial charge < -0.3 is 20.1 Å². The van der Waals surface area contributed by atoms with Gasteiger partial charge in [-0.15, -0.1) is 0 Å². The first kappa shape index (κ1) is 16.4. The number of benzene rings is 1. The summed E-state index contributed by atoms with van der Waals surface area (Å²) < 4.78 is 5.43. The molecule has 2 aliphatic rings. The zero-order chi connectivity index (χ0) is 16.8. The van der Waals surface area contributed by atoms with Crippen molar-refractivity contribution in [1.29, 1.82) is 0 Å². The molecule has 2 N–H and O–H groups in total. The maximum atomic E-state index is 12.2. The summed E-state index contributed by atoms with van der Waals surface area (Å²) in [4.78, 5) is 13.9. The quantitative estimate of drug-likeness (QED) is 0.761. The molecule has 2 heterocycles. The van der Waals surface area contributed by atoms with Crippen molar-refractivity contribution in [3.63, 3.8) is 0 Å². The first-order chi connectivity index (χ1) is 10.7. The Labute approximate surface area is 141 Å². The number of halogens is 1. The van der Waals surface area contributed by atoms with E-state index >= 15 is 0 Å². The molecular formula is C17H23ClN2O3. The number of aliphatic hydroxyl groups is 1. The van der Waals surface area contributed by atoms with Crippen molar-refractivity contribution >= 4 is 23.4 Å². The van der Waals surface area contributed by atoms with Gasteiger partial charge >= 0.3 is 6.09 Å². The molecule has 1 amide bonds. The number of hydrogen-bond donors (Lipinski definition) is 2. The Hall–Kier alpha value is -1.46. The van der Waals surface area contributed by atoms with E-state index in [-0.39, 0.29) is 6.09 Å². The molecule has 3 rings (SSSR count). The van der Waals surface area contributed by atoms with E-state index in [4.69, 9.17) is 16.3 Å². The van der Waals surface area contributed by atoms with Gasteiger partial charge in [-0.2, -0.15) is 0 Å². The summed E-state index contributed by atoms with van der Waals surface area (Å²) in [7, 11) is 0. The summed E-state index contributed by atoms with van der Waals surface area (Å²) in [5, 5.41) is 14.3. The van der Waals surface area contributed by atoms with Gasteiger partial charge in [-0.1, -0.05) is 11.6 Å². The van der Waals surface area contributed by atoms with Crippen LogP contribution in [0.15, 0.2) is 18.2 Å². The highest BCUT2D eigenvalue weighted by atomic mass is 35.5. The fraction of sp³-hybridized carbons (Fsp3) is 0.588. The lowest BCUT2D eigenvalue weighted by atomic mass is 9.73. The summed E-state index contributed by atoms with van der Waals surface area (Å²) in [5.41, 5.74) is 1.08. The lowest BCUT2D eigenvalue weighted by Gasteiger charge is -2.41. The summed E-state index contributed by atoms with van der Waals surface area (Å²) in [6.45, 7) is 6.69. The van der Waals surface area contributed by atoms with Crippen molar-refractivity contribution in [1.82, 2.24) is 4.90 Å². The van der Waals surface area contributed by atoms with Crippen LogP contribution in [-0.4, -0.2) is 41.0 Å². The predicted octanol–water partition coefficient (Wildman–Crippen LogP) is 3.35. The smallest absolute Gasteiger partial charge is 0.410 e. The van der Waals surface area contributed by atoms with Crippen LogP contribution in [0.5, 0.6) is 0 Å². The van der Waals surface area contributed by atoms with Crippen LogP contribution in [0.4, 0.5) is 10.5 Å². The molecule has 2 aliphatic heterocycles. The van der Waals surface area contributed by atoms with Crippen LogP contribution in [0, 0.1) is 0 Å². The van der Waals surface area contributed by atoms with Gasteiger partial charge in [0.1, 0.15) is 11.8 Å². The largest absolute Gasteiger partial charge is 0.444 e. The Morgan fingerprint density at radius 1 is 1.39 bits per heavy atom. The monoisotopic (exact) mass is 338 g/mol. The number of piperidine rings is 1. The first-order valence-electron chi connectivity index (χ1n) is 7.94. The van der Waals surface area contributed by atoms with E-state index < -0.39 is 17.2 Å². The van der Waals surface area contributed by atoms with Gasteiger partial charge in [0.05, 0.1) is 0 Å². The number of nitrogens with zero attached hydrogens (tertiary/aromatic N) is 1. The molecule has 23 heavy (non-hydrogen) atoms. The van der Waals surface area contributed by atoms with Crippen LogP contribution in [0.25, 0.3) is 0 Å². The lowest BCUT2D eigenvalue weighted by Crippen LogP contribution is -2.51. The van der Waals surface area contributed by atoms with Gasteiger partial charge in [0.2, 0.25) is 0 Å². The van der Waals surface area contributed by atoms with E-state index in [0.29, 0.717) is 31.0 Å². The molecule has 1 fully saturated rings. The van der Waals surface area contributed by atoms with Crippen molar-refractivity contribution in [3.05, 3.63) is 28.8 Å². The van der Waals surface area contributed by atoms with E-state index in [2.05, 4.69) is 5.32 Å². The summed E-state index contributed by atoms with van der Waals surface area (Å²) >= 11 is 6.13. The van der Waals surface area contributed by atoms with E-state index in [1.807, 2.05) is 39.0 Å². The number of aliphatic hydroxyl groups excluding tert-OH is 1. The highest BCUT2D eigenvalue weighted by Crippen LogP contribution is 2.47. The number of ether oxygens (including phenoxy) is 1. The van der Waals surface area contributed by atoms with E-state index in [0.717, 1.165) is 11.3 Å². The van der Waals surface area contributed by atoms with Crippen LogP contribution in [0.1, 0.15) is 39.2 Å². The second kappa shape index (κ2) is 5.56. The van der Waals surface area contributed by atoms with Crippen LogP contribution in [-0.2, 0) is 10.2 Å². The standard InChI is InChI=1S/C17H23ClN2O3/c1-16(2,3)23-15(22)20-8-6-17(7-9-20)12-10-11(18)4-5-13(12)19-14(17)21/h4-5,10,14,19,21H,6-9H2,1-3H3/t14-/m0/s1. The molecule has 0 aromatic heterocycles. The van der Waals surface area contributed by atoms with Crippen LogP contribution in [0.3, 0.4) is 0 Å². The average molecular weight is 339 g/mol. The third kappa shape index (κ3) is 3.00. The Morgan fingerprint density at radius 3 is 2.65 bits per heavy atom. The molecule has 126 valence electrons. The van der Waals surface area contributed by atoms with E-state index in [9.17, 15) is 9.90 Å². The Morgan fingerprint density at radius 2 is 2.04 bits per heavy atom. The molecule has 1 aromatic rings. The maximum Gasteiger partial charge on any atom is 0.410 e. The second-order valence-electron chi connectivity index (χ2n) is 7.36. The average Bonchev–Trinajstić information content (AvgIpc) is 2.71. The maximum absolute atomic E-state index is 12.2. The molecule has 1 spiro atoms. The number of nitrogens with one attached hydrogen (secondary N) is 1. The van der Waals surface area contributed by atoms with Gasteiger partial charge in [-0.25, -0.2) is 4.79 Å². The molecule has 0 unspecified atom stereocenters.